The molecule has 1 saturated heterocycles. The quantitative estimate of drug-likeness (QED) is 0.898. The number of para-hydroxylation sites is 2. The van der Waals surface area contributed by atoms with Gasteiger partial charge in [0, 0.05) is 19.3 Å². The van der Waals surface area contributed by atoms with E-state index >= 15 is 0 Å². The van der Waals surface area contributed by atoms with E-state index in [4.69, 9.17) is 9.47 Å². The lowest BCUT2D eigenvalue weighted by Gasteiger charge is -2.51. The van der Waals surface area contributed by atoms with Crippen molar-refractivity contribution in [3.8, 4) is 5.75 Å². The van der Waals surface area contributed by atoms with E-state index < -0.39 is 0 Å². The molecule has 22 heavy (non-hydrogen) atoms. The molecule has 1 atom stereocenters. The normalized spacial score (nSPS) is 22.7. The van der Waals surface area contributed by atoms with E-state index in [1.807, 2.05) is 31.2 Å². The number of amides is 2. The van der Waals surface area contributed by atoms with Gasteiger partial charge in [-0.1, -0.05) is 12.1 Å². The van der Waals surface area contributed by atoms with Crippen LogP contribution in [0.3, 0.4) is 0 Å². The van der Waals surface area contributed by atoms with Crippen molar-refractivity contribution in [2.24, 2.45) is 5.41 Å². The number of anilines is 1. The van der Waals surface area contributed by atoms with Crippen LogP contribution in [0.15, 0.2) is 24.3 Å². The van der Waals surface area contributed by atoms with Crippen LogP contribution in [0, 0.1) is 5.41 Å². The second-order valence-corrected chi connectivity index (χ2v) is 6.09. The number of rotatable bonds is 4. The van der Waals surface area contributed by atoms with Gasteiger partial charge >= 0.3 is 6.03 Å². The molecule has 120 valence electrons. The zero-order valence-electron chi connectivity index (χ0n) is 13.1. The highest BCUT2D eigenvalue weighted by Gasteiger charge is 2.47. The monoisotopic (exact) mass is 304 g/mol. The maximum Gasteiger partial charge on any atom is 0.319 e. The summed E-state index contributed by atoms with van der Waals surface area (Å²) in [7, 11) is 0. The molecule has 1 heterocycles. The summed E-state index contributed by atoms with van der Waals surface area (Å²) in [5.74, 6) is 0.703. The van der Waals surface area contributed by atoms with Crippen molar-refractivity contribution in [1.29, 1.82) is 0 Å². The average molecular weight is 304 g/mol. The number of urea groups is 1. The smallest absolute Gasteiger partial charge is 0.319 e. The number of nitrogens with one attached hydrogen (secondary N) is 2. The molecule has 2 fully saturated rings. The highest BCUT2D eigenvalue weighted by molar-refractivity contribution is 5.91. The van der Waals surface area contributed by atoms with Gasteiger partial charge in [0.05, 0.1) is 12.3 Å². The minimum atomic E-state index is -0.150. The molecule has 1 aliphatic carbocycles. The molecule has 1 spiro atoms. The third-order valence-corrected chi connectivity index (χ3v) is 4.90. The van der Waals surface area contributed by atoms with Crippen molar-refractivity contribution in [2.45, 2.75) is 38.6 Å². The molecule has 2 amide bonds. The maximum atomic E-state index is 12.3. The minimum absolute atomic E-state index is 0.150. The number of carbonyl (C=O) groups is 1. The molecule has 5 heteroatoms. The third-order valence-electron chi connectivity index (χ3n) is 4.90. The molecule has 1 aromatic carbocycles. The largest absolute Gasteiger partial charge is 0.492 e. The number of hydrogen-bond acceptors (Lipinski definition) is 3. The Morgan fingerprint density at radius 3 is 2.77 bits per heavy atom. The van der Waals surface area contributed by atoms with Gasteiger partial charge in [0.15, 0.2) is 0 Å². The Bertz CT molecular complexity index is 526. The van der Waals surface area contributed by atoms with Crippen molar-refractivity contribution in [1.82, 2.24) is 5.32 Å². The Labute approximate surface area is 131 Å². The first-order valence-electron chi connectivity index (χ1n) is 8.10. The van der Waals surface area contributed by atoms with Crippen molar-refractivity contribution in [3.05, 3.63) is 24.3 Å². The Morgan fingerprint density at radius 2 is 2.09 bits per heavy atom. The van der Waals surface area contributed by atoms with E-state index in [-0.39, 0.29) is 17.5 Å². The molecule has 1 saturated carbocycles. The Kier molecular flexibility index (Phi) is 4.52. The molecule has 1 unspecified atom stereocenters. The summed E-state index contributed by atoms with van der Waals surface area (Å²) in [5, 5.41) is 6.04. The fraction of sp³-hybridized carbons (Fsp3) is 0.588. The molecule has 2 N–H and O–H groups in total. The summed E-state index contributed by atoms with van der Waals surface area (Å²) in [5.41, 5.74) is 0.969. The fourth-order valence-electron chi connectivity index (χ4n) is 3.47. The van der Waals surface area contributed by atoms with Crippen molar-refractivity contribution >= 4 is 11.7 Å². The molecule has 1 aliphatic heterocycles. The number of carbonyl (C=O) groups excluding carboxylic acids is 1. The highest BCUT2D eigenvalue weighted by atomic mass is 16.5. The maximum absolute atomic E-state index is 12.3. The van der Waals surface area contributed by atoms with Crippen LogP contribution in [0.5, 0.6) is 5.75 Å². The van der Waals surface area contributed by atoms with Crippen LogP contribution < -0.4 is 15.4 Å². The van der Waals surface area contributed by atoms with Gasteiger partial charge < -0.3 is 20.1 Å². The lowest BCUT2D eigenvalue weighted by atomic mass is 9.60. The van der Waals surface area contributed by atoms with Gasteiger partial charge in [0.2, 0.25) is 0 Å². The molecule has 2 aliphatic rings. The van der Waals surface area contributed by atoms with E-state index in [2.05, 4.69) is 10.6 Å². The Morgan fingerprint density at radius 1 is 1.32 bits per heavy atom. The van der Waals surface area contributed by atoms with Crippen LogP contribution in [0.25, 0.3) is 0 Å². The van der Waals surface area contributed by atoms with Crippen molar-refractivity contribution in [3.63, 3.8) is 0 Å². The third kappa shape index (κ3) is 3.04. The zero-order valence-corrected chi connectivity index (χ0v) is 13.1. The molecule has 3 rings (SSSR count). The first-order valence-corrected chi connectivity index (χ1v) is 8.10. The first-order chi connectivity index (χ1) is 10.7. The Balaban J connectivity index is 1.59. The van der Waals surface area contributed by atoms with Crippen molar-refractivity contribution < 1.29 is 14.3 Å². The van der Waals surface area contributed by atoms with Crippen LogP contribution >= 0.6 is 0 Å². The summed E-state index contributed by atoms with van der Waals surface area (Å²) in [6, 6.07) is 7.62. The SMILES string of the molecule is CCOc1ccccc1NC(=O)NC1CCC12CCOCC2. The molecule has 1 aromatic rings. The van der Waals surface area contributed by atoms with E-state index in [0.717, 1.165) is 32.5 Å². The minimum Gasteiger partial charge on any atom is -0.492 e. The topological polar surface area (TPSA) is 59.6 Å². The Hall–Kier alpha value is -1.75. The molecule has 5 nitrogen and oxygen atoms in total. The van der Waals surface area contributed by atoms with Crippen LogP contribution in [0.4, 0.5) is 10.5 Å². The second-order valence-electron chi connectivity index (χ2n) is 6.09. The second kappa shape index (κ2) is 6.57. The van der Waals surface area contributed by atoms with Crippen molar-refractivity contribution in [2.75, 3.05) is 25.1 Å². The summed E-state index contributed by atoms with van der Waals surface area (Å²) in [6.45, 7) is 4.13. The zero-order chi connectivity index (χ0) is 15.4. The van der Waals surface area contributed by atoms with E-state index in [1.165, 1.54) is 6.42 Å². The average Bonchev–Trinajstić information content (AvgIpc) is 2.54. The van der Waals surface area contributed by atoms with Crippen LogP contribution in [-0.4, -0.2) is 31.9 Å². The van der Waals surface area contributed by atoms with Gasteiger partial charge in [0.25, 0.3) is 0 Å². The van der Waals surface area contributed by atoms with E-state index in [9.17, 15) is 4.79 Å². The molecule has 0 bridgehead atoms. The molecular weight excluding hydrogens is 280 g/mol. The summed E-state index contributed by atoms with van der Waals surface area (Å²) < 4.78 is 11.0. The van der Waals surface area contributed by atoms with Gasteiger partial charge in [-0.2, -0.15) is 0 Å². The molecule has 0 radical (unpaired) electrons. The number of benzene rings is 1. The molecular formula is C17H24N2O3. The first kappa shape index (κ1) is 15.2. The van der Waals surface area contributed by atoms with Gasteiger partial charge in [0.1, 0.15) is 5.75 Å². The fourth-order valence-corrected chi connectivity index (χ4v) is 3.47. The summed E-state index contributed by atoms with van der Waals surface area (Å²) in [4.78, 5) is 12.3. The summed E-state index contributed by atoms with van der Waals surface area (Å²) >= 11 is 0. The van der Waals surface area contributed by atoms with Crippen LogP contribution in [0.2, 0.25) is 0 Å². The van der Waals surface area contributed by atoms with Gasteiger partial charge in [-0.05, 0) is 50.2 Å². The van der Waals surface area contributed by atoms with Gasteiger partial charge in [-0.15, -0.1) is 0 Å². The van der Waals surface area contributed by atoms with Crippen LogP contribution in [0.1, 0.15) is 32.6 Å². The molecule has 0 aromatic heterocycles. The van der Waals surface area contributed by atoms with Gasteiger partial charge in [-0.25, -0.2) is 4.79 Å². The predicted octanol–water partition coefficient (Wildman–Crippen LogP) is 3.17. The van der Waals surface area contributed by atoms with Gasteiger partial charge in [-0.3, -0.25) is 0 Å². The summed E-state index contributed by atoms with van der Waals surface area (Å²) in [6.07, 6.45) is 4.35. The van der Waals surface area contributed by atoms with E-state index in [0.29, 0.717) is 18.0 Å². The lowest BCUT2D eigenvalue weighted by molar-refractivity contribution is -0.0507. The van der Waals surface area contributed by atoms with E-state index in [1.54, 1.807) is 0 Å². The lowest BCUT2D eigenvalue weighted by Crippen LogP contribution is -2.57. The number of ether oxygens (including phenoxy) is 2. The predicted molar refractivity (Wildman–Crippen MR) is 85.3 cm³/mol. The highest BCUT2D eigenvalue weighted by Crippen LogP contribution is 2.48. The standard InChI is InChI=1S/C17H24N2O3/c1-2-22-14-6-4-3-5-13(14)18-16(20)19-15-7-8-17(15)9-11-21-12-10-17/h3-6,15H,2,7-12H2,1H3,(H2,18,19,20). The number of hydrogen-bond donors (Lipinski definition) is 2. The van der Waals surface area contributed by atoms with Crippen LogP contribution in [-0.2, 0) is 4.74 Å².